The smallest absolute Gasteiger partial charge is 0.356 e. The summed E-state index contributed by atoms with van der Waals surface area (Å²) in [6, 6.07) is 0. The van der Waals surface area contributed by atoms with Gasteiger partial charge < -0.3 is 43.6 Å². The van der Waals surface area contributed by atoms with E-state index in [-0.39, 0.29) is 18.3 Å². The van der Waals surface area contributed by atoms with E-state index in [4.69, 9.17) is 29.4 Å². The Morgan fingerprint density at radius 1 is 0.542 bits per heavy atom. The first-order chi connectivity index (χ1) is 10.5. The minimum atomic E-state index is -3.90. The Bertz CT molecular complexity index is 495. The molecule has 3 aliphatic heterocycles. The Morgan fingerprint density at radius 2 is 0.667 bits per heavy atom. The van der Waals surface area contributed by atoms with E-state index in [2.05, 4.69) is 14.2 Å². The van der Waals surface area contributed by atoms with Crippen LogP contribution in [0.15, 0.2) is 0 Å². The van der Waals surface area contributed by atoms with Crippen LogP contribution >= 0.6 is 22.8 Å². The maximum absolute atomic E-state index is 10.2. The summed E-state index contributed by atoms with van der Waals surface area (Å²) in [6.07, 6.45) is -0.762. The molecule has 6 atom stereocenters. The topological polar surface area (TPSA) is 210 Å². The highest BCUT2D eigenvalue weighted by molar-refractivity contribution is 7.53. The number of rotatable bonds is 3. The fourth-order valence-electron chi connectivity index (χ4n) is 1.58. The Labute approximate surface area is 137 Å². The minimum absolute atomic E-state index is 0.254. The van der Waals surface area contributed by atoms with Gasteiger partial charge in [0.25, 0.3) is 0 Å². The minimum Gasteiger partial charge on any atom is -0.356 e. The molecule has 0 unspecified atom stereocenters. The number of ether oxygens (including phenoxy) is 3. The van der Waals surface area contributed by atoms with Gasteiger partial charge in [0.1, 0.15) is 0 Å². The number of hydrogen-bond acceptors (Lipinski definition) is 6. The normalized spacial score (nSPS) is 37.4. The molecule has 0 radical (unpaired) electrons. The lowest BCUT2D eigenvalue weighted by Crippen LogP contribution is -1.89. The first-order valence-electron chi connectivity index (χ1n) is 6.67. The molecule has 0 aliphatic carbocycles. The van der Waals surface area contributed by atoms with Crippen LogP contribution in [0.25, 0.3) is 0 Å². The van der Waals surface area contributed by atoms with E-state index in [1.807, 2.05) is 0 Å². The molecule has 0 amide bonds. The van der Waals surface area contributed by atoms with Crippen LogP contribution in [0.2, 0.25) is 0 Å². The predicted octanol–water partition coefficient (Wildman–Crippen LogP) is -0.273. The lowest BCUT2D eigenvalue weighted by atomic mass is 10.6. The van der Waals surface area contributed by atoms with Crippen molar-refractivity contribution in [3.8, 4) is 0 Å². The van der Waals surface area contributed by atoms with Gasteiger partial charge >= 0.3 is 22.8 Å². The van der Waals surface area contributed by atoms with Crippen LogP contribution in [0.5, 0.6) is 0 Å². The molecule has 24 heavy (non-hydrogen) atoms. The van der Waals surface area contributed by atoms with Gasteiger partial charge in [0.15, 0.2) is 17.5 Å². The maximum atomic E-state index is 10.2. The van der Waals surface area contributed by atoms with Gasteiger partial charge in [0.05, 0.1) is 18.3 Å². The van der Waals surface area contributed by atoms with E-state index < -0.39 is 40.3 Å². The third-order valence-corrected chi connectivity index (χ3v) is 6.65. The molecular formula is C9H21O12P3. The van der Waals surface area contributed by atoms with Gasteiger partial charge in [-0.15, -0.1) is 0 Å². The predicted molar refractivity (Wildman–Crippen MR) is 79.1 cm³/mol. The second-order valence-corrected chi connectivity index (χ2v) is 10.5. The Balaban J connectivity index is 0.000000180. The summed E-state index contributed by atoms with van der Waals surface area (Å²) in [7, 11) is -11.7. The summed E-state index contributed by atoms with van der Waals surface area (Å²) in [6.45, 7) is 4.89. The summed E-state index contributed by atoms with van der Waals surface area (Å²) in [5.74, 6) is -2.45. The van der Waals surface area contributed by atoms with Gasteiger partial charge in [-0.05, 0) is 20.8 Å². The monoisotopic (exact) mass is 414 g/mol. The highest BCUT2D eigenvalue weighted by Gasteiger charge is 2.49. The van der Waals surface area contributed by atoms with Gasteiger partial charge in [-0.25, -0.2) is 0 Å². The van der Waals surface area contributed by atoms with Crippen molar-refractivity contribution in [3.05, 3.63) is 0 Å². The van der Waals surface area contributed by atoms with Gasteiger partial charge in [-0.2, -0.15) is 0 Å². The molecular weight excluding hydrogens is 393 g/mol. The van der Waals surface area contributed by atoms with E-state index in [0.29, 0.717) is 0 Å². The van der Waals surface area contributed by atoms with E-state index in [1.54, 1.807) is 20.8 Å². The van der Waals surface area contributed by atoms with Gasteiger partial charge in [0.2, 0.25) is 0 Å². The number of epoxide rings is 3. The molecule has 6 N–H and O–H groups in total. The van der Waals surface area contributed by atoms with Crippen molar-refractivity contribution in [2.45, 2.75) is 56.6 Å². The second kappa shape index (κ2) is 7.52. The quantitative estimate of drug-likeness (QED) is 0.260. The van der Waals surface area contributed by atoms with Crippen molar-refractivity contribution in [3.63, 3.8) is 0 Å². The first kappa shape index (κ1) is 22.4. The average molecular weight is 414 g/mol. The summed E-state index contributed by atoms with van der Waals surface area (Å²) in [4.78, 5) is 49.9. The zero-order valence-corrected chi connectivity index (χ0v) is 15.6. The molecule has 0 saturated carbocycles. The molecule has 3 saturated heterocycles. The largest absolute Gasteiger partial charge is 0.356 e. The fraction of sp³-hybridized carbons (Fsp3) is 1.00. The van der Waals surface area contributed by atoms with Crippen molar-refractivity contribution < 1.29 is 57.3 Å². The average Bonchev–Trinajstić information content (AvgIpc) is 3.14. The molecule has 12 nitrogen and oxygen atoms in total. The Hall–Kier alpha value is 0.330. The summed E-state index contributed by atoms with van der Waals surface area (Å²) < 4.78 is 44.1. The van der Waals surface area contributed by atoms with Crippen molar-refractivity contribution in [2.75, 3.05) is 0 Å². The molecule has 144 valence electrons. The molecule has 3 aliphatic rings. The van der Waals surface area contributed by atoms with E-state index in [9.17, 15) is 13.7 Å². The summed E-state index contributed by atoms with van der Waals surface area (Å²) in [5, 5.41) is 0. The van der Waals surface area contributed by atoms with Crippen LogP contribution in [0.4, 0.5) is 0 Å². The van der Waals surface area contributed by atoms with Crippen molar-refractivity contribution in [1.29, 1.82) is 0 Å². The molecule has 0 bridgehead atoms. The fourth-order valence-corrected chi connectivity index (χ4v) is 4.27. The Kier molecular flexibility index (Phi) is 7.01. The second-order valence-electron chi connectivity index (χ2n) is 5.46. The van der Waals surface area contributed by atoms with Crippen LogP contribution in [0.3, 0.4) is 0 Å². The Morgan fingerprint density at radius 3 is 0.667 bits per heavy atom. The lowest BCUT2D eigenvalue weighted by molar-refractivity contribution is 0.332. The first-order valence-corrected chi connectivity index (χ1v) is 11.7. The molecule has 3 rings (SSSR count). The van der Waals surface area contributed by atoms with Crippen LogP contribution < -0.4 is 0 Å². The SMILES string of the molecule is C[C@@H]1O[C@@H]1P(=O)(O)O.C[C@@H]1O[C@@H]1P(=O)(O)O.C[C@@H]1O[C@@H]1P(=O)(O)O. The molecule has 0 aromatic rings. The molecule has 0 aromatic heterocycles. The zero-order chi connectivity index (χ0) is 19.1. The van der Waals surface area contributed by atoms with Crippen molar-refractivity contribution in [2.24, 2.45) is 0 Å². The van der Waals surface area contributed by atoms with E-state index in [0.717, 1.165) is 0 Å². The lowest BCUT2D eigenvalue weighted by Gasteiger charge is -1.93. The standard InChI is InChI=1S/3C3H7O4P/c3*1-2-3(7-2)8(4,5)6/h3*2-3H,1H3,(H2,4,5,6)/t3*2-,3+/m000/s1. The molecule has 0 aromatic carbocycles. The molecule has 0 spiro atoms. The van der Waals surface area contributed by atoms with Gasteiger partial charge in [0, 0.05) is 0 Å². The van der Waals surface area contributed by atoms with Crippen molar-refractivity contribution >= 4 is 22.8 Å². The molecule has 15 heteroatoms. The van der Waals surface area contributed by atoms with Crippen LogP contribution in [-0.2, 0) is 27.9 Å². The van der Waals surface area contributed by atoms with Crippen LogP contribution in [-0.4, -0.2) is 65.2 Å². The third kappa shape index (κ3) is 7.70. The highest BCUT2D eigenvalue weighted by atomic mass is 31.2. The summed E-state index contributed by atoms with van der Waals surface area (Å²) >= 11 is 0. The van der Waals surface area contributed by atoms with E-state index >= 15 is 0 Å². The molecule has 3 heterocycles. The highest BCUT2D eigenvalue weighted by Crippen LogP contribution is 2.53. The van der Waals surface area contributed by atoms with Crippen LogP contribution in [0, 0.1) is 0 Å². The maximum Gasteiger partial charge on any atom is 0.356 e. The number of hydrogen-bond donors (Lipinski definition) is 6. The van der Waals surface area contributed by atoms with Gasteiger partial charge in [-0.3, -0.25) is 13.7 Å². The third-order valence-electron chi connectivity index (χ3n) is 3.03. The zero-order valence-electron chi connectivity index (χ0n) is 12.9. The summed E-state index contributed by atoms with van der Waals surface area (Å²) in [5.41, 5.74) is 0. The van der Waals surface area contributed by atoms with E-state index in [1.165, 1.54) is 0 Å². The van der Waals surface area contributed by atoms with Gasteiger partial charge in [-0.1, -0.05) is 0 Å². The molecule has 3 fully saturated rings. The van der Waals surface area contributed by atoms with Crippen LogP contribution in [0.1, 0.15) is 20.8 Å². The van der Waals surface area contributed by atoms with Crippen molar-refractivity contribution in [1.82, 2.24) is 0 Å².